The zero-order valence-corrected chi connectivity index (χ0v) is 12.3. The van der Waals surface area contributed by atoms with Crippen molar-refractivity contribution in [3.05, 3.63) is 35.6 Å². The lowest BCUT2D eigenvalue weighted by Gasteiger charge is -2.25. The molecule has 0 aliphatic carbocycles. The maximum absolute atomic E-state index is 13.4. The highest BCUT2D eigenvalue weighted by molar-refractivity contribution is 5.74. The molecule has 0 saturated carbocycles. The van der Waals surface area contributed by atoms with Crippen LogP contribution in [0.2, 0.25) is 0 Å². The van der Waals surface area contributed by atoms with Gasteiger partial charge in [-0.2, -0.15) is 0 Å². The molecule has 116 valence electrons. The Kier molecular flexibility index (Phi) is 6.14. The van der Waals surface area contributed by atoms with E-state index in [9.17, 15) is 14.0 Å². The van der Waals surface area contributed by atoms with Crippen molar-refractivity contribution in [2.45, 2.75) is 38.6 Å². The van der Waals surface area contributed by atoms with Crippen molar-refractivity contribution in [3.8, 4) is 0 Å². The highest BCUT2D eigenvalue weighted by Crippen LogP contribution is 2.11. The molecule has 0 unspecified atom stereocenters. The Morgan fingerprint density at radius 1 is 1.29 bits per heavy atom. The van der Waals surface area contributed by atoms with E-state index in [-0.39, 0.29) is 18.3 Å². The minimum atomic E-state index is -0.898. The number of aliphatic carboxylic acids is 1. The van der Waals surface area contributed by atoms with Gasteiger partial charge in [0.1, 0.15) is 5.82 Å². The smallest absolute Gasteiger partial charge is 0.315 e. The summed E-state index contributed by atoms with van der Waals surface area (Å²) >= 11 is 0. The number of nitrogens with one attached hydrogen (secondary N) is 2. The van der Waals surface area contributed by atoms with Gasteiger partial charge in [-0.1, -0.05) is 18.2 Å². The maximum atomic E-state index is 13.4. The second-order valence-corrected chi connectivity index (χ2v) is 5.50. The van der Waals surface area contributed by atoms with Crippen molar-refractivity contribution < 1.29 is 19.1 Å². The third kappa shape index (κ3) is 6.74. The summed E-state index contributed by atoms with van der Waals surface area (Å²) in [6.45, 7) is 3.82. The van der Waals surface area contributed by atoms with Crippen molar-refractivity contribution >= 4 is 12.0 Å². The van der Waals surface area contributed by atoms with Crippen LogP contribution in [0.15, 0.2) is 24.3 Å². The lowest BCUT2D eigenvalue weighted by molar-refractivity contribution is -0.137. The Hall–Kier alpha value is -2.11. The number of halogens is 1. The van der Waals surface area contributed by atoms with Crippen molar-refractivity contribution in [1.82, 2.24) is 10.6 Å². The highest BCUT2D eigenvalue weighted by atomic mass is 19.1. The summed E-state index contributed by atoms with van der Waals surface area (Å²) in [5.41, 5.74) is -0.0663. The largest absolute Gasteiger partial charge is 0.481 e. The van der Waals surface area contributed by atoms with E-state index in [1.54, 1.807) is 32.0 Å². The van der Waals surface area contributed by atoms with Gasteiger partial charge in [-0.3, -0.25) is 4.79 Å². The molecule has 0 aromatic heterocycles. The molecule has 0 fully saturated rings. The van der Waals surface area contributed by atoms with E-state index >= 15 is 0 Å². The molecule has 0 saturated heterocycles. The first-order chi connectivity index (χ1) is 9.80. The van der Waals surface area contributed by atoms with Crippen LogP contribution in [0.3, 0.4) is 0 Å². The van der Waals surface area contributed by atoms with Crippen LogP contribution in [0.1, 0.15) is 32.3 Å². The SMILES string of the molecule is CC(C)(CCC(=O)O)NC(=O)NCCc1ccccc1F. The van der Waals surface area contributed by atoms with Crippen LogP contribution in [0.5, 0.6) is 0 Å². The van der Waals surface area contributed by atoms with E-state index in [0.717, 1.165) is 0 Å². The lowest BCUT2D eigenvalue weighted by atomic mass is 9.99. The number of hydrogen-bond donors (Lipinski definition) is 3. The number of amides is 2. The van der Waals surface area contributed by atoms with Crippen LogP contribution < -0.4 is 10.6 Å². The fourth-order valence-corrected chi connectivity index (χ4v) is 1.85. The second-order valence-electron chi connectivity index (χ2n) is 5.50. The normalized spacial score (nSPS) is 11.0. The van der Waals surface area contributed by atoms with Gasteiger partial charge in [0.05, 0.1) is 0 Å². The highest BCUT2D eigenvalue weighted by Gasteiger charge is 2.21. The number of carbonyl (C=O) groups is 2. The molecule has 6 heteroatoms. The van der Waals surface area contributed by atoms with Gasteiger partial charge in [0.15, 0.2) is 0 Å². The quantitative estimate of drug-likeness (QED) is 0.722. The van der Waals surface area contributed by atoms with Crippen LogP contribution in [0, 0.1) is 5.82 Å². The van der Waals surface area contributed by atoms with Gasteiger partial charge >= 0.3 is 12.0 Å². The molecule has 0 bridgehead atoms. The Balaban J connectivity index is 2.34. The molecule has 1 aromatic carbocycles. The molecule has 0 radical (unpaired) electrons. The van der Waals surface area contributed by atoms with E-state index in [1.807, 2.05) is 0 Å². The molecule has 0 aliphatic heterocycles. The molecular weight excluding hydrogens is 275 g/mol. The molecule has 3 N–H and O–H groups in total. The Morgan fingerprint density at radius 2 is 1.95 bits per heavy atom. The Morgan fingerprint density at radius 3 is 2.57 bits per heavy atom. The van der Waals surface area contributed by atoms with Gasteiger partial charge in [-0.15, -0.1) is 0 Å². The number of carbonyl (C=O) groups excluding carboxylic acids is 1. The third-order valence-corrected chi connectivity index (χ3v) is 3.05. The van der Waals surface area contributed by atoms with E-state index < -0.39 is 11.5 Å². The standard InChI is InChI=1S/C15H21FN2O3/c1-15(2,9-7-13(19)20)18-14(21)17-10-8-11-5-3-4-6-12(11)16/h3-6H,7-10H2,1-2H3,(H,19,20)(H2,17,18,21). The number of urea groups is 1. The average Bonchev–Trinajstić information content (AvgIpc) is 2.38. The number of carboxylic acids is 1. The summed E-state index contributed by atoms with van der Waals surface area (Å²) in [7, 11) is 0. The first-order valence-electron chi connectivity index (χ1n) is 6.81. The molecule has 2 amide bonds. The Labute approximate surface area is 123 Å². The fraction of sp³-hybridized carbons (Fsp3) is 0.467. The number of hydrogen-bond acceptors (Lipinski definition) is 2. The summed E-state index contributed by atoms with van der Waals surface area (Å²) in [4.78, 5) is 22.2. The fourth-order valence-electron chi connectivity index (χ4n) is 1.85. The number of rotatable bonds is 7. The topological polar surface area (TPSA) is 78.4 Å². The van der Waals surface area contributed by atoms with Gasteiger partial charge in [-0.25, -0.2) is 9.18 Å². The van der Waals surface area contributed by atoms with E-state index in [2.05, 4.69) is 10.6 Å². The summed E-state index contributed by atoms with van der Waals surface area (Å²) < 4.78 is 13.4. The zero-order valence-electron chi connectivity index (χ0n) is 12.3. The molecule has 0 spiro atoms. The van der Waals surface area contributed by atoms with Gasteiger partial charge in [-0.05, 0) is 38.3 Å². The lowest BCUT2D eigenvalue weighted by Crippen LogP contribution is -2.48. The molecule has 5 nitrogen and oxygen atoms in total. The minimum Gasteiger partial charge on any atom is -0.481 e. The van der Waals surface area contributed by atoms with Gasteiger partial charge in [0.25, 0.3) is 0 Å². The van der Waals surface area contributed by atoms with E-state index in [0.29, 0.717) is 24.9 Å². The van der Waals surface area contributed by atoms with Crippen molar-refractivity contribution in [3.63, 3.8) is 0 Å². The monoisotopic (exact) mass is 296 g/mol. The number of carboxylic acid groups (broad SMARTS) is 1. The molecule has 0 heterocycles. The molecular formula is C15H21FN2O3. The van der Waals surface area contributed by atoms with Crippen molar-refractivity contribution in [2.75, 3.05) is 6.54 Å². The van der Waals surface area contributed by atoms with Crippen molar-refractivity contribution in [1.29, 1.82) is 0 Å². The first kappa shape index (κ1) is 16.9. The predicted octanol–water partition coefficient (Wildman–Crippen LogP) is 2.31. The predicted molar refractivity (Wildman–Crippen MR) is 77.6 cm³/mol. The van der Waals surface area contributed by atoms with Crippen LogP contribution in [0.25, 0.3) is 0 Å². The molecule has 1 rings (SSSR count). The third-order valence-electron chi connectivity index (χ3n) is 3.05. The molecule has 0 atom stereocenters. The average molecular weight is 296 g/mol. The van der Waals surface area contributed by atoms with Crippen molar-refractivity contribution in [2.24, 2.45) is 0 Å². The summed E-state index contributed by atoms with van der Waals surface area (Å²) in [6, 6.07) is 6.02. The van der Waals surface area contributed by atoms with E-state index in [1.165, 1.54) is 6.07 Å². The summed E-state index contributed by atoms with van der Waals surface area (Å²) in [5, 5.41) is 14.0. The van der Waals surface area contributed by atoms with Gasteiger partial charge < -0.3 is 15.7 Å². The molecule has 0 aliphatic rings. The van der Waals surface area contributed by atoms with Crippen LogP contribution in [-0.2, 0) is 11.2 Å². The summed E-state index contributed by atoms with van der Waals surface area (Å²) in [5.74, 6) is -1.19. The van der Waals surface area contributed by atoms with Gasteiger partial charge in [0.2, 0.25) is 0 Å². The summed E-state index contributed by atoms with van der Waals surface area (Å²) in [6.07, 6.45) is 0.723. The van der Waals surface area contributed by atoms with Crippen LogP contribution >= 0.6 is 0 Å². The first-order valence-corrected chi connectivity index (χ1v) is 6.81. The van der Waals surface area contributed by atoms with Crippen LogP contribution in [0.4, 0.5) is 9.18 Å². The number of benzene rings is 1. The zero-order chi connectivity index (χ0) is 15.9. The molecule has 1 aromatic rings. The minimum absolute atomic E-state index is 0.0114. The van der Waals surface area contributed by atoms with Gasteiger partial charge in [0, 0.05) is 18.5 Å². The maximum Gasteiger partial charge on any atom is 0.315 e. The van der Waals surface area contributed by atoms with Crippen LogP contribution in [-0.4, -0.2) is 29.2 Å². The van der Waals surface area contributed by atoms with E-state index in [4.69, 9.17) is 5.11 Å². The second kappa shape index (κ2) is 7.61. The Bertz CT molecular complexity index is 503. The molecule has 21 heavy (non-hydrogen) atoms.